The molecule has 1 aliphatic rings. The van der Waals surface area contributed by atoms with Crippen molar-refractivity contribution in [2.75, 3.05) is 5.32 Å². The van der Waals surface area contributed by atoms with Crippen molar-refractivity contribution in [2.24, 2.45) is 4.99 Å². The molecule has 2 N–H and O–H groups in total. The first-order chi connectivity index (χ1) is 12.2. The van der Waals surface area contributed by atoms with E-state index in [1.165, 1.54) is 11.1 Å². The van der Waals surface area contributed by atoms with Crippen LogP contribution in [0, 0.1) is 6.92 Å². The van der Waals surface area contributed by atoms with Crippen LogP contribution in [-0.2, 0) is 0 Å². The fourth-order valence-electron chi connectivity index (χ4n) is 3.37. The fourth-order valence-corrected chi connectivity index (χ4v) is 3.37. The number of fused-ring (bicyclic) bond motifs is 1. The van der Waals surface area contributed by atoms with Crippen LogP contribution >= 0.6 is 0 Å². The number of nitrogens with zero attached hydrogens (tertiary/aromatic N) is 1. The van der Waals surface area contributed by atoms with E-state index in [4.69, 9.17) is 4.99 Å². The predicted molar refractivity (Wildman–Crippen MR) is 103 cm³/mol. The molecule has 1 unspecified atom stereocenters. The predicted octanol–water partition coefficient (Wildman–Crippen LogP) is 5.38. The first-order valence-corrected chi connectivity index (χ1v) is 8.49. The summed E-state index contributed by atoms with van der Waals surface area (Å²) in [6.07, 6.45) is 0.705. The lowest BCUT2D eigenvalue weighted by molar-refractivity contribution is 0.474. The van der Waals surface area contributed by atoms with Gasteiger partial charge >= 0.3 is 0 Å². The van der Waals surface area contributed by atoms with E-state index >= 15 is 0 Å². The number of hydrogen-bond acceptors (Lipinski definition) is 3. The summed E-state index contributed by atoms with van der Waals surface area (Å²) in [5, 5.41) is 14.0. The van der Waals surface area contributed by atoms with E-state index in [1.54, 1.807) is 6.07 Å². The van der Waals surface area contributed by atoms with Crippen molar-refractivity contribution in [3.05, 3.63) is 89.5 Å². The molecule has 0 fully saturated rings. The molecule has 0 spiro atoms. The van der Waals surface area contributed by atoms with Crippen molar-refractivity contribution in [3.63, 3.8) is 0 Å². The van der Waals surface area contributed by atoms with Crippen LogP contribution in [-0.4, -0.2) is 10.8 Å². The summed E-state index contributed by atoms with van der Waals surface area (Å²) in [5.41, 5.74) is 6.10. The van der Waals surface area contributed by atoms with Gasteiger partial charge in [-0.1, -0.05) is 48.5 Å². The number of aliphatic imine (C=N–C) groups is 1. The summed E-state index contributed by atoms with van der Waals surface area (Å²) >= 11 is 0. The van der Waals surface area contributed by atoms with Gasteiger partial charge in [0.05, 0.1) is 23.1 Å². The number of anilines is 1. The van der Waals surface area contributed by atoms with Gasteiger partial charge in [0.25, 0.3) is 0 Å². The highest BCUT2D eigenvalue weighted by molar-refractivity contribution is 6.06. The molecule has 0 radical (unpaired) electrons. The zero-order valence-corrected chi connectivity index (χ0v) is 14.1. The molecule has 0 amide bonds. The third kappa shape index (κ3) is 3.01. The molecule has 0 aliphatic carbocycles. The molecular formula is C22H20N2O. The Labute approximate surface area is 147 Å². The Kier molecular flexibility index (Phi) is 3.98. The smallest absolute Gasteiger partial charge is 0.124 e. The Hall–Kier alpha value is -3.07. The summed E-state index contributed by atoms with van der Waals surface area (Å²) < 4.78 is 0. The first kappa shape index (κ1) is 15.5. The first-order valence-electron chi connectivity index (χ1n) is 8.49. The molecule has 0 aromatic heterocycles. The fraction of sp³-hybridized carbons (Fsp3) is 0.136. The number of para-hydroxylation sites is 3. The van der Waals surface area contributed by atoms with Crippen LogP contribution in [0.4, 0.5) is 11.4 Å². The second-order valence-electron chi connectivity index (χ2n) is 6.35. The number of phenolic OH excluding ortho intramolecular Hbond substituents is 1. The number of hydrogen-bond donors (Lipinski definition) is 2. The van der Waals surface area contributed by atoms with Gasteiger partial charge < -0.3 is 10.4 Å². The maximum atomic E-state index is 10.3. The number of phenols is 1. The van der Waals surface area contributed by atoms with Gasteiger partial charge in [0.15, 0.2) is 0 Å². The summed E-state index contributed by atoms with van der Waals surface area (Å²) in [4.78, 5) is 4.87. The molecule has 0 saturated heterocycles. The van der Waals surface area contributed by atoms with Gasteiger partial charge in [-0.3, -0.25) is 4.99 Å². The number of nitrogens with one attached hydrogen (secondary N) is 1. The van der Waals surface area contributed by atoms with E-state index in [0.29, 0.717) is 6.42 Å². The standard InChI is InChI=1S/C22H20N2O/c1-15-8-2-3-9-16(15)20-14-21(17-10-4-7-13-22(17)25)24-19-12-6-5-11-18(19)23-20/h2-13,20,23,25H,14H2,1H3. The highest BCUT2D eigenvalue weighted by Gasteiger charge is 2.23. The molecule has 3 aromatic rings. The second-order valence-corrected chi connectivity index (χ2v) is 6.35. The maximum Gasteiger partial charge on any atom is 0.124 e. The number of rotatable bonds is 2. The van der Waals surface area contributed by atoms with E-state index in [0.717, 1.165) is 22.6 Å². The summed E-state index contributed by atoms with van der Waals surface area (Å²) in [6, 6.07) is 24.0. The largest absolute Gasteiger partial charge is 0.507 e. The lowest BCUT2D eigenvalue weighted by Gasteiger charge is -2.21. The Morgan fingerprint density at radius 2 is 1.64 bits per heavy atom. The number of aryl methyl sites for hydroxylation is 1. The lowest BCUT2D eigenvalue weighted by Crippen LogP contribution is -2.15. The molecule has 1 atom stereocenters. The van der Waals surface area contributed by atoms with E-state index < -0.39 is 0 Å². The Balaban J connectivity index is 1.85. The maximum absolute atomic E-state index is 10.3. The van der Waals surface area contributed by atoms with Gasteiger partial charge in [0, 0.05) is 12.0 Å². The minimum atomic E-state index is 0.100. The van der Waals surface area contributed by atoms with Crippen molar-refractivity contribution in [1.82, 2.24) is 0 Å². The highest BCUT2D eigenvalue weighted by Crippen LogP contribution is 2.37. The molecule has 3 heteroatoms. The van der Waals surface area contributed by atoms with Crippen LogP contribution in [0.25, 0.3) is 0 Å². The van der Waals surface area contributed by atoms with Crippen LogP contribution < -0.4 is 5.32 Å². The van der Waals surface area contributed by atoms with Gasteiger partial charge in [-0.25, -0.2) is 0 Å². The summed E-state index contributed by atoms with van der Waals surface area (Å²) in [5.74, 6) is 0.268. The Morgan fingerprint density at radius 1 is 0.920 bits per heavy atom. The topological polar surface area (TPSA) is 44.6 Å². The zero-order valence-electron chi connectivity index (χ0n) is 14.1. The van der Waals surface area contributed by atoms with Crippen LogP contribution in [0.1, 0.15) is 29.2 Å². The Bertz CT molecular complexity index is 946. The van der Waals surface area contributed by atoms with Crippen molar-refractivity contribution in [2.45, 2.75) is 19.4 Å². The van der Waals surface area contributed by atoms with E-state index in [-0.39, 0.29) is 11.8 Å². The lowest BCUT2D eigenvalue weighted by atomic mass is 9.94. The minimum absolute atomic E-state index is 0.100. The molecule has 1 heterocycles. The molecule has 0 saturated carbocycles. The van der Waals surface area contributed by atoms with Crippen molar-refractivity contribution in [3.8, 4) is 5.75 Å². The van der Waals surface area contributed by atoms with Crippen molar-refractivity contribution >= 4 is 17.1 Å². The van der Waals surface area contributed by atoms with E-state index in [1.807, 2.05) is 36.4 Å². The van der Waals surface area contributed by atoms with Crippen LogP contribution in [0.5, 0.6) is 5.75 Å². The zero-order chi connectivity index (χ0) is 17.2. The van der Waals surface area contributed by atoms with Gasteiger partial charge in [-0.05, 0) is 42.3 Å². The van der Waals surface area contributed by atoms with Gasteiger partial charge in [0.1, 0.15) is 5.75 Å². The second kappa shape index (κ2) is 6.44. The van der Waals surface area contributed by atoms with Crippen LogP contribution in [0.15, 0.2) is 77.8 Å². The molecule has 0 bridgehead atoms. The van der Waals surface area contributed by atoms with Crippen LogP contribution in [0.3, 0.4) is 0 Å². The molecule has 124 valence electrons. The monoisotopic (exact) mass is 328 g/mol. The van der Waals surface area contributed by atoms with E-state index in [9.17, 15) is 5.11 Å². The molecule has 4 rings (SSSR count). The normalized spacial score (nSPS) is 16.4. The number of aromatic hydroxyl groups is 1. The molecular weight excluding hydrogens is 308 g/mol. The third-order valence-electron chi connectivity index (χ3n) is 4.67. The highest BCUT2D eigenvalue weighted by atomic mass is 16.3. The third-order valence-corrected chi connectivity index (χ3v) is 4.67. The van der Waals surface area contributed by atoms with Gasteiger partial charge in [-0.15, -0.1) is 0 Å². The minimum Gasteiger partial charge on any atom is -0.507 e. The van der Waals surface area contributed by atoms with Gasteiger partial charge in [-0.2, -0.15) is 0 Å². The average molecular weight is 328 g/mol. The van der Waals surface area contributed by atoms with Crippen LogP contribution in [0.2, 0.25) is 0 Å². The quantitative estimate of drug-likeness (QED) is 0.663. The van der Waals surface area contributed by atoms with Crippen molar-refractivity contribution < 1.29 is 5.11 Å². The van der Waals surface area contributed by atoms with E-state index in [2.05, 4.69) is 42.6 Å². The molecule has 1 aliphatic heterocycles. The van der Waals surface area contributed by atoms with Crippen molar-refractivity contribution in [1.29, 1.82) is 0 Å². The van der Waals surface area contributed by atoms with Gasteiger partial charge in [0.2, 0.25) is 0 Å². The number of benzene rings is 3. The average Bonchev–Trinajstić information content (AvgIpc) is 2.82. The summed E-state index contributed by atoms with van der Waals surface area (Å²) in [7, 11) is 0. The molecule has 3 aromatic carbocycles. The molecule has 25 heavy (non-hydrogen) atoms. The Morgan fingerprint density at radius 3 is 2.48 bits per heavy atom. The molecule has 3 nitrogen and oxygen atoms in total. The SMILES string of the molecule is Cc1ccccc1C1CC(c2ccccc2O)=Nc2ccccc2N1. The summed E-state index contributed by atoms with van der Waals surface area (Å²) in [6.45, 7) is 2.13.